The quantitative estimate of drug-likeness (QED) is 0.855. The molecule has 17 heavy (non-hydrogen) atoms. The summed E-state index contributed by atoms with van der Waals surface area (Å²) in [5.41, 5.74) is 3.71. The molecule has 0 atom stereocenters. The second kappa shape index (κ2) is 5.32. The molecule has 0 N–H and O–H groups in total. The van der Waals surface area contributed by atoms with E-state index in [0.29, 0.717) is 0 Å². The van der Waals surface area contributed by atoms with Crippen LogP contribution in [0.5, 0.6) is 0 Å². The average Bonchev–Trinajstić information content (AvgIpc) is 2.32. The summed E-state index contributed by atoms with van der Waals surface area (Å²) in [6, 6.07) is 10.7. The molecule has 2 rings (SSSR count). The highest BCUT2D eigenvalue weighted by Crippen LogP contribution is 2.18. The third kappa shape index (κ3) is 3.30. The van der Waals surface area contributed by atoms with Gasteiger partial charge in [0.2, 0.25) is 0 Å². The van der Waals surface area contributed by atoms with E-state index in [1.165, 1.54) is 11.1 Å². The molecule has 0 bridgehead atoms. The lowest BCUT2D eigenvalue weighted by atomic mass is 10.1. The molecule has 0 saturated heterocycles. The fourth-order valence-electron chi connectivity index (χ4n) is 1.67. The highest BCUT2D eigenvalue weighted by Gasteiger charge is 2.02. The summed E-state index contributed by atoms with van der Waals surface area (Å²) in [5, 5.41) is 0. The minimum Gasteiger partial charge on any atom is -0.369 e. The monoisotopic (exact) mass is 290 g/mol. The van der Waals surface area contributed by atoms with Crippen molar-refractivity contribution >= 4 is 21.6 Å². The number of halogens is 1. The Kier molecular flexibility index (Phi) is 3.79. The Morgan fingerprint density at radius 3 is 2.53 bits per heavy atom. The number of benzene rings is 1. The Morgan fingerprint density at radius 1 is 1.18 bits per heavy atom. The molecule has 1 aromatic heterocycles. The van der Waals surface area contributed by atoms with Crippen LogP contribution in [0.3, 0.4) is 0 Å². The van der Waals surface area contributed by atoms with Gasteiger partial charge in [0.1, 0.15) is 0 Å². The van der Waals surface area contributed by atoms with Crippen molar-refractivity contribution in [2.75, 3.05) is 11.9 Å². The highest BCUT2D eigenvalue weighted by molar-refractivity contribution is 9.10. The number of nitrogens with zero attached hydrogens (tertiary/aromatic N) is 2. The van der Waals surface area contributed by atoms with Gasteiger partial charge in [-0.05, 0) is 34.5 Å². The Balaban J connectivity index is 2.11. The summed E-state index contributed by atoms with van der Waals surface area (Å²) in [6.45, 7) is 2.99. The van der Waals surface area contributed by atoms with E-state index in [4.69, 9.17) is 0 Å². The SMILES string of the molecule is Cc1ccc(CN(C)c2cncc(Br)c2)cc1. The first-order chi connectivity index (χ1) is 8.15. The molecule has 0 unspecified atom stereocenters. The lowest BCUT2D eigenvalue weighted by Crippen LogP contribution is -2.16. The standard InChI is InChI=1S/C14H15BrN2/c1-11-3-5-12(6-4-11)10-17(2)14-7-13(15)8-16-9-14/h3-9H,10H2,1-2H3. The van der Waals surface area contributed by atoms with Crippen LogP contribution in [0.2, 0.25) is 0 Å². The van der Waals surface area contributed by atoms with Gasteiger partial charge in [-0.25, -0.2) is 0 Å². The zero-order valence-corrected chi connectivity index (χ0v) is 11.6. The summed E-state index contributed by atoms with van der Waals surface area (Å²) in [5.74, 6) is 0. The number of hydrogen-bond donors (Lipinski definition) is 0. The van der Waals surface area contributed by atoms with Gasteiger partial charge in [0.25, 0.3) is 0 Å². The van der Waals surface area contributed by atoms with Gasteiger partial charge in [0.15, 0.2) is 0 Å². The van der Waals surface area contributed by atoms with Crippen molar-refractivity contribution < 1.29 is 0 Å². The van der Waals surface area contributed by atoms with Crippen LogP contribution >= 0.6 is 15.9 Å². The molecule has 2 aromatic rings. The largest absolute Gasteiger partial charge is 0.369 e. The van der Waals surface area contributed by atoms with Gasteiger partial charge >= 0.3 is 0 Å². The molecule has 1 aromatic carbocycles. The Hall–Kier alpha value is -1.35. The van der Waals surface area contributed by atoms with E-state index in [-0.39, 0.29) is 0 Å². The number of rotatable bonds is 3. The molecule has 1 heterocycles. The maximum Gasteiger partial charge on any atom is 0.0564 e. The number of hydrogen-bond acceptors (Lipinski definition) is 2. The fourth-order valence-corrected chi connectivity index (χ4v) is 2.02. The summed E-state index contributed by atoms with van der Waals surface area (Å²) in [4.78, 5) is 6.36. The van der Waals surface area contributed by atoms with E-state index < -0.39 is 0 Å². The molecule has 0 radical (unpaired) electrons. The smallest absolute Gasteiger partial charge is 0.0564 e. The molecule has 88 valence electrons. The lowest BCUT2D eigenvalue weighted by molar-refractivity contribution is 0.916. The zero-order chi connectivity index (χ0) is 12.3. The van der Waals surface area contributed by atoms with Crippen molar-refractivity contribution in [2.24, 2.45) is 0 Å². The Morgan fingerprint density at radius 2 is 1.88 bits per heavy atom. The first kappa shape index (κ1) is 12.1. The molecule has 0 aliphatic rings. The molecule has 0 fully saturated rings. The second-order valence-corrected chi connectivity index (χ2v) is 5.12. The van der Waals surface area contributed by atoms with Crippen molar-refractivity contribution in [1.29, 1.82) is 0 Å². The Labute approximate surface area is 110 Å². The lowest BCUT2D eigenvalue weighted by Gasteiger charge is -2.19. The van der Waals surface area contributed by atoms with Crippen LogP contribution in [-0.2, 0) is 6.54 Å². The van der Waals surface area contributed by atoms with Gasteiger partial charge in [-0.15, -0.1) is 0 Å². The molecule has 0 spiro atoms. The van der Waals surface area contributed by atoms with Crippen LogP contribution in [0.15, 0.2) is 47.2 Å². The molecule has 0 aliphatic carbocycles. The normalized spacial score (nSPS) is 10.3. The van der Waals surface area contributed by atoms with Gasteiger partial charge in [-0.3, -0.25) is 4.98 Å². The maximum atomic E-state index is 4.17. The predicted molar refractivity (Wildman–Crippen MR) is 75.2 cm³/mol. The van der Waals surface area contributed by atoms with Crippen molar-refractivity contribution in [2.45, 2.75) is 13.5 Å². The zero-order valence-electron chi connectivity index (χ0n) is 10.0. The third-order valence-corrected chi connectivity index (χ3v) is 3.11. The number of aryl methyl sites for hydroxylation is 1. The topological polar surface area (TPSA) is 16.1 Å². The van der Waals surface area contributed by atoms with Crippen molar-refractivity contribution in [3.05, 3.63) is 58.3 Å². The molecule has 2 nitrogen and oxygen atoms in total. The van der Waals surface area contributed by atoms with Crippen LogP contribution in [0, 0.1) is 6.92 Å². The van der Waals surface area contributed by atoms with E-state index in [0.717, 1.165) is 16.7 Å². The van der Waals surface area contributed by atoms with Crippen LogP contribution in [-0.4, -0.2) is 12.0 Å². The molecule has 0 saturated carbocycles. The van der Waals surface area contributed by atoms with Gasteiger partial charge in [-0.2, -0.15) is 0 Å². The second-order valence-electron chi connectivity index (χ2n) is 4.20. The van der Waals surface area contributed by atoms with E-state index in [1.54, 1.807) is 6.20 Å². The number of pyridine rings is 1. The average molecular weight is 291 g/mol. The molecular weight excluding hydrogens is 276 g/mol. The molecule has 0 aliphatic heterocycles. The van der Waals surface area contributed by atoms with Crippen LogP contribution in [0.1, 0.15) is 11.1 Å². The predicted octanol–water partition coefficient (Wildman–Crippen LogP) is 3.79. The first-order valence-corrected chi connectivity index (χ1v) is 6.32. The highest BCUT2D eigenvalue weighted by atomic mass is 79.9. The summed E-state index contributed by atoms with van der Waals surface area (Å²) in [6.07, 6.45) is 3.67. The van der Waals surface area contributed by atoms with E-state index in [9.17, 15) is 0 Å². The minimum absolute atomic E-state index is 0.887. The number of aromatic nitrogens is 1. The first-order valence-electron chi connectivity index (χ1n) is 5.52. The van der Waals surface area contributed by atoms with Crippen molar-refractivity contribution in [3.8, 4) is 0 Å². The van der Waals surface area contributed by atoms with Crippen molar-refractivity contribution in [1.82, 2.24) is 4.98 Å². The fraction of sp³-hybridized carbons (Fsp3) is 0.214. The maximum absolute atomic E-state index is 4.17. The van der Waals surface area contributed by atoms with Gasteiger partial charge in [0.05, 0.1) is 11.9 Å². The van der Waals surface area contributed by atoms with Crippen LogP contribution in [0.25, 0.3) is 0 Å². The third-order valence-electron chi connectivity index (χ3n) is 2.67. The summed E-state index contributed by atoms with van der Waals surface area (Å²) >= 11 is 3.44. The van der Waals surface area contributed by atoms with Crippen LogP contribution < -0.4 is 4.90 Å². The van der Waals surface area contributed by atoms with Gasteiger partial charge < -0.3 is 4.90 Å². The van der Waals surface area contributed by atoms with E-state index >= 15 is 0 Å². The van der Waals surface area contributed by atoms with Crippen molar-refractivity contribution in [3.63, 3.8) is 0 Å². The summed E-state index contributed by atoms with van der Waals surface area (Å²) in [7, 11) is 2.07. The van der Waals surface area contributed by atoms with Crippen LogP contribution in [0.4, 0.5) is 5.69 Å². The molecular formula is C14H15BrN2. The van der Waals surface area contributed by atoms with E-state index in [1.807, 2.05) is 6.20 Å². The van der Waals surface area contributed by atoms with Gasteiger partial charge in [0, 0.05) is 24.3 Å². The van der Waals surface area contributed by atoms with Gasteiger partial charge in [-0.1, -0.05) is 29.8 Å². The molecule has 3 heteroatoms. The summed E-state index contributed by atoms with van der Waals surface area (Å²) < 4.78 is 1.01. The number of anilines is 1. The molecule has 0 amide bonds. The minimum atomic E-state index is 0.887. The Bertz CT molecular complexity index is 494. The van der Waals surface area contributed by atoms with E-state index in [2.05, 4.69) is 70.1 Å².